The number of ether oxygens (including phenoxy) is 1. The van der Waals surface area contributed by atoms with Gasteiger partial charge in [0.1, 0.15) is 0 Å². The second-order valence-corrected chi connectivity index (χ2v) is 8.43. The van der Waals surface area contributed by atoms with Crippen molar-refractivity contribution >= 4 is 45.0 Å². The zero-order valence-electron chi connectivity index (χ0n) is 16.1. The molecule has 4 rings (SSSR count). The first kappa shape index (κ1) is 20.5. The van der Waals surface area contributed by atoms with Crippen LogP contribution >= 0.6 is 23.7 Å². The van der Waals surface area contributed by atoms with Crippen molar-refractivity contribution in [2.75, 3.05) is 44.3 Å². The van der Waals surface area contributed by atoms with E-state index in [0.717, 1.165) is 56.3 Å². The van der Waals surface area contributed by atoms with E-state index in [1.54, 1.807) is 11.3 Å². The molecule has 0 atom stereocenters. The van der Waals surface area contributed by atoms with Gasteiger partial charge in [-0.05, 0) is 43.9 Å². The van der Waals surface area contributed by atoms with Crippen molar-refractivity contribution in [1.82, 2.24) is 9.88 Å². The molecule has 1 aliphatic carbocycles. The second kappa shape index (κ2) is 8.86. The zero-order valence-corrected chi connectivity index (χ0v) is 17.7. The second-order valence-electron chi connectivity index (χ2n) is 7.42. The van der Waals surface area contributed by atoms with E-state index in [-0.39, 0.29) is 24.2 Å². The maximum atomic E-state index is 13.1. The zero-order chi connectivity index (χ0) is 18.1. The summed E-state index contributed by atoms with van der Waals surface area (Å²) in [4.78, 5) is 22.3. The highest BCUT2D eigenvalue weighted by molar-refractivity contribution is 7.22. The molecule has 0 unspecified atom stereocenters. The van der Waals surface area contributed by atoms with Crippen LogP contribution in [-0.4, -0.2) is 55.2 Å². The summed E-state index contributed by atoms with van der Waals surface area (Å²) in [5.74, 6) is 0.451. The Morgan fingerprint density at radius 2 is 2.04 bits per heavy atom. The fourth-order valence-electron chi connectivity index (χ4n) is 3.57. The highest BCUT2D eigenvalue weighted by atomic mass is 35.5. The van der Waals surface area contributed by atoms with E-state index in [1.165, 1.54) is 22.2 Å². The summed E-state index contributed by atoms with van der Waals surface area (Å²) < 4.78 is 6.60. The number of hydrogen-bond donors (Lipinski definition) is 0. The molecule has 2 aromatic rings. The number of aromatic nitrogens is 1. The SMILES string of the molecule is Cc1ccc2sc(N(CCN3CCOCC3)C(=O)C3CCC3)nc2c1C.Cl. The van der Waals surface area contributed by atoms with Crippen LogP contribution < -0.4 is 4.90 Å². The fourth-order valence-corrected chi connectivity index (χ4v) is 4.63. The van der Waals surface area contributed by atoms with Gasteiger partial charge in [0, 0.05) is 32.1 Å². The number of fused-ring (bicyclic) bond motifs is 1. The predicted molar refractivity (Wildman–Crippen MR) is 113 cm³/mol. The molecule has 1 aromatic carbocycles. The van der Waals surface area contributed by atoms with E-state index in [9.17, 15) is 4.79 Å². The molecule has 0 spiro atoms. The van der Waals surface area contributed by atoms with Crippen LogP contribution in [0.1, 0.15) is 30.4 Å². The summed E-state index contributed by atoms with van der Waals surface area (Å²) in [5.41, 5.74) is 3.51. The van der Waals surface area contributed by atoms with Gasteiger partial charge in [-0.3, -0.25) is 14.6 Å². The lowest BCUT2D eigenvalue weighted by molar-refractivity contribution is -0.124. The van der Waals surface area contributed by atoms with Crippen molar-refractivity contribution in [3.05, 3.63) is 23.3 Å². The number of carbonyl (C=O) groups excluding carboxylic acids is 1. The number of amides is 1. The molecule has 2 fully saturated rings. The largest absolute Gasteiger partial charge is 0.379 e. The predicted octanol–water partition coefficient (Wildman–Crippen LogP) is 3.80. The molecule has 2 heterocycles. The van der Waals surface area contributed by atoms with Crippen LogP contribution in [0.15, 0.2) is 12.1 Å². The van der Waals surface area contributed by atoms with Crippen molar-refractivity contribution in [3.8, 4) is 0 Å². The van der Waals surface area contributed by atoms with Gasteiger partial charge in [-0.2, -0.15) is 0 Å². The number of halogens is 1. The lowest BCUT2D eigenvalue weighted by Gasteiger charge is -2.33. The number of hydrogen-bond acceptors (Lipinski definition) is 5. The van der Waals surface area contributed by atoms with Gasteiger partial charge in [0.15, 0.2) is 5.13 Å². The monoisotopic (exact) mass is 409 g/mol. The first-order valence-corrected chi connectivity index (χ1v) is 10.4. The van der Waals surface area contributed by atoms with E-state index in [1.807, 2.05) is 4.90 Å². The van der Waals surface area contributed by atoms with E-state index in [2.05, 4.69) is 30.9 Å². The Morgan fingerprint density at radius 1 is 1.30 bits per heavy atom. The summed E-state index contributed by atoms with van der Waals surface area (Å²) in [5, 5.41) is 0.860. The molecule has 5 nitrogen and oxygen atoms in total. The van der Waals surface area contributed by atoms with Crippen LogP contribution in [-0.2, 0) is 9.53 Å². The van der Waals surface area contributed by atoms with Crippen LogP contribution in [0.5, 0.6) is 0 Å². The van der Waals surface area contributed by atoms with Crippen molar-refractivity contribution < 1.29 is 9.53 Å². The van der Waals surface area contributed by atoms with Crippen molar-refractivity contribution in [3.63, 3.8) is 0 Å². The van der Waals surface area contributed by atoms with Gasteiger partial charge < -0.3 is 4.74 Å². The number of aryl methyl sites for hydroxylation is 2. The first-order valence-electron chi connectivity index (χ1n) is 9.61. The average molecular weight is 410 g/mol. The van der Waals surface area contributed by atoms with Gasteiger partial charge in [0.2, 0.25) is 5.91 Å². The van der Waals surface area contributed by atoms with E-state index < -0.39 is 0 Å². The number of carbonyl (C=O) groups is 1. The van der Waals surface area contributed by atoms with Crippen LogP contribution in [0.25, 0.3) is 10.2 Å². The van der Waals surface area contributed by atoms with Gasteiger partial charge in [0.25, 0.3) is 0 Å². The van der Waals surface area contributed by atoms with Crippen molar-refractivity contribution in [2.24, 2.45) is 5.92 Å². The number of rotatable bonds is 5. The number of nitrogens with zero attached hydrogens (tertiary/aromatic N) is 3. The summed E-state index contributed by atoms with van der Waals surface area (Å²) in [7, 11) is 0. The third-order valence-corrected chi connectivity index (χ3v) is 6.81. The third kappa shape index (κ3) is 4.29. The molecule has 7 heteroatoms. The van der Waals surface area contributed by atoms with Gasteiger partial charge in [-0.15, -0.1) is 12.4 Å². The van der Waals surface area contributed by atoms with E-state index in [4.69, 9.17) is 9.72 Å². The highest BCUT2D eigenvalue weighted by Gasteiger charge is 2.32. The summed E-state index contributed by atoms with van der Waals surface area (Å²) in [6, 6.07) is 4.28. The van der Waals surface area contributed by atoms with Gasteiger partial charge in [0.05, 0.1) is 23.4 Å². The minimum absolute atomic E-state index is 0. The Bertz CT molecular complexity index is 800. The fraction of sp³-hybridized carbons (Fsp3) is 0.600. The quantitative estimate of drug-likeness (QED) is 0.753. The maximum absolute atomic E-state index is 13.1. The van der Waals surface area contributed by atoms with E-state index >= 15 is 0 Å². The lowest BCUT2D eigenvalue weighted by atomic mass is 9.84. The molecule has 1 amide bonds. The topological polar surface area (TPSA) is 45.7 Å². The normalized spacial score (nSPS) is 18.1. The lowest BCUT2D eigenvalue weighted by Crippen LogP contribution is -2.45. The Labute approximate surface area is 171 Å². The minimum Gasteiger partial charge on any atom is -0.379 e. The molecular formula is C20H28ClN3O2S. The number of anilines is 1. The maximum Gasteiger partial charge on any atom is 0.231 e. The number of thiazole rings is 1. The number of benzene rings is 1. The third-order valence-electron chi connectivity index (χ3n) is 5.77. The first-order chi connectivity index (χ1) is 12.6. The van der Waals surface area contributed by atoms with Crippen LogP contribution in [0.2, 0.25) is 0 Å². The minimum atomic E-state index is 0. The van der Waals surface area contributed by atoms with E-state index in [0.29, 0.717) is 6.54 Å². The molecule has 2 aliphatic rings. The van der Waals surface area contributed by atoms with Gasteiger partial charge >= 0.3 is 0 Å². The molecule has 1 aliphatic heterocycles. The van der Waals surface area contributed by atoms with Crippen molar-refractivity contribution in [1.29, 1.82) is 0 Å². The molecule has 1 saturated carbocycles. The van der Waals surface area contributed by atoms with Crippen LogP contribution in [0, 0.1) is 19.8 Å². The molecule has 1 saturated heterocycles. The Balaban J connectivity index is 0.00000210. The Kier molecular flexibility index (Phi) is 6.74. The Morgan fingerprint density at radius 3 is 2.70 bits per heavy atom. The summed E-state index contributed by atoms with van der Waals surface area (Å²) in [6.45, 7) is 9.30. The molecule has 1 aromatic heterocycles. The standard InChI is InChI=1S/C20H27N3O2S.ClH/c1-14-6-7-17-18(15(14)2)21-20(26-17)23(19(24)16-4-3-5-16)9-8-22-10-12-25-13-11-22;/h6-7,16H,3-5,8-13H2,1-2H3;1H. The smallest absolute Gasteiger partial charge is 0.231 e. The summed E-state index contributed by atoms with van der Waals surface area (Å²) >= 11 is 1.65. The van der Waals surface area contributed by atoms with Gasteiger partial charge in [-0.25, -0.2) is 4.98 Å². The van der Waals surface area contributed by atoms with Crippen LogP contribution in [0.4, 0.5) is 5.13 Å². The molecule has 0 N–H and O–H groups in total. The Hall–Kier alpha value is -1.21. The van der Waals surface area contributed by atoms with Gasteiger partial charge in [-0.1, -0.05) is 23.8 Å². The molecular weight excluding hydrogens is 382 g/mol. The summed E-state index contributed by atoms with van der Waals surface area (Å²) in [6.07, 6.45) is 3.22. The molecule has 0 bridgehead atoms. The molecule has 27 heavy (non-hydrogen) atoms. The number of morpholine rings is 1. The molecule has 0 radical (unpaired) electrons. The van der Waals surface area contributed by atoms with Crippen molar-refractivity contribution in [2.45, 2.75) is 33.1 Å². The molecule has 148 valence electrons. The highest BCUT2D eigenvalue weighted by Crippen LogP contribution is 2.35. The average Bonchev–Trinajstić information content (AvgIpc) is 3.02. The van der Waals surface area contributed by atoms with Crippen LogP contribution in [0.3, 0.4) is 0 Å².